The minimum atomic E-state index is -4.25. The Hall–Kier alpha value is -1.39. The lowest BCUT2D eigenvalue weighted by Crippen LogP contribution is -2.24. The number of allylic oxidation sites excluding steroid dienone is 1. The van der Waals surface area contributed by atoms with Gasteiger partial charge in [-0.15, -0.1) is 0 Å². The van der Waals surface area contributed by atoms with Gasteiger partial charge >= 0.3 is 6.18 Å². The summed E-state index contributed by atoms with van der Waals surface area (Å²) in [6.07, 6.45) is 1.02. The predicted octanol–water partition coefficient (Wildman–Crippen LogP) is 8.03. The zero-order chi connectivity index (χ0) is 20.0. The van der Waals surface area contributed by atoms with Gasteiger partial charge in [0.05, 0.1) is 5.92 Å². The van der Waals surface area contributed by atoms with Crippen molar-refractivity contribution >= 4 is 5.83 Å². The Kier molecular flexibility index (Phi) is 7.87. The van der Waals surface area contributed by atoms with Crippen molar-refractivity contribution in [2.75, 3.05) is 0 Å². The molecule has 27 heavy (non-hydrogen) atoms. The molecule has 0 radical (unpaired) electrons. The van der Waals surface area contributed by atoms with Crippen LogP contribution < -0.4 is 0 Å². The molecule has 1 saturated carbocycles. The fraction of sp³-hybridized carbons (Fsp3) is 0.636. The van der Waals surface area contributed by atoms with Crippen LogP contribution >= 0.6 is 0 Å². The SMILES string of the molecule is CCCC1CCC(/C(F)=C(\F)c2ccc(C[C@H](CC)C(F)(F)F)cc2)CC1. The van der Waals surface area contributed by atoms with Gasteiger partial charge in [0.2, 0.25) is 0 Å². The van der Waals surface area contributed by atoms with E-state index in [1.54, 1.807) is 0 Å². The van der Waals surface area contributed by atoms with Crippen molar-refractivity contribution in [3.05, 3.63) is 41.2 Å². The molecule has 0 aliphatic heterocycles. The largest absolute Gasteiger partial charge is 0.392 e. The molecule has 1 atom stereocenters. The van der Waals surface area contributed by atoms with Gasteiger partial charge in [0, 0.05) is 11.5 Å². The lowest BCUT2D eigenvalue weighted by Gasteiger charge is -2.27. The van der Waals surface area contributed by atoms with Crippen molar-refractivity contribution < 1.29 is 22.0 Å². The van der Waals surface area contributed by atoms with Gasteiger partial charge in [0.1, 0.15) is 5.83 Å². The van der Waals surface area contributed by atoms with E-state index in [1.165, 1.54) is 31.2 Å². The maximum absolute atomic E-state index is 14.6. The fourth-order valence-electron chi connectivity index (χ4n) is 3.99. The molecule has 1 fully saturated rings. The van der Waals surface area contributed by atoms with Crippen LogP contribution in [0.2, 0.25) is 0 Å². The van der Waals surface area contributed by atoms with Gasteiger partial charge in [-0.1, -0.05) is 51.0 Å². The Balaban J connectivity index is 2.04. The summed E-state index contributed by atoms with van der Waals surface area (Å²) in [5.74, 6) is -2.77. The Bertz CT molecular complexity index is 607. The summed E-state index contributed by atoms with van der Waals surface area (Å²) in [5, 5.41) is 0. The molecule has 1 aliphatic carbocycles. The van der Waals surface area contributed by atoms with E-state index >= 15 is 0 Å². The first kappa shape index (κ1) is 21.9. The maximum atomic E-state index is 14.6. The van der Waals surface area contributed by atoms with E-state index in [-0.39, 0.29) is 24.3 Å². The molecule has 2 rings (SSSR count). The first-order valence-corrected chi connectivity index (χ1v) is 9.97. The van der Waals surface area contributed by atoms with Crippen molar-refractivity contribution in [2.24, 2.45) is 17.8 Å². The third-order valence-electron chi connectivity index (χ3n) is 5.76. The van der Waals surface area contributed by atoms with Crippen LogP contribution in [0, 0.1) is 17.8 Å². The summed E-state index contributed by atoms with van der Waals surface area (Å²) in [7, 11) is 0. The molecule has 1 aliphatic rings. The number of rotatable bonds is 7. The van der Waals surface area contributed by atoms with Gasteiger partial charge in [-0.2, -0.15) is 13.2 Å². The molecule has 0 N–H and O–H groups in total. The molecular weight excluding hydrogens is 359 g/mol. The highest BCUT2D eigenvalue weighted by Crippen LogP contribution is 2.39. The van der Waals surface area contributed by atoms with Crippen LogP contribution in [-0.2, 0) is 6.42 Å². The molecule has 0 bridgehead atoms. The Morgan fingerprint density at radius 3 is 2.07 bits per heavy atom. The van der Waals surface area contributed by atoms with Crippen LogP contribution in [0.15, 0.2) is 30.1 Å². The molecule has 0 amide bonds. The third kappa shape index (κ3) is 6.05. The van der Waals surface area contributed by atoms with Crippen molar-refractivity contribution in [2.45, 2.75) is 71.4 Å². The van der Waals surface area contributed by atoms with E-state index in [4.69, 9.17) is 0 Å². The molecular formula is C22H29F5. The molecule has 1 aromatic rings. The van der Waals surface area contributed by atoms with Crippen molar-refractivity contribution in [3.63, 3.8) is 0 Å². The van der Waals surface area contributed by atoms with Gasteiger partial charge < -0.3 is 0 Å². The van der Waals surface area contributed by atoms with Crippen LogP contribution in [0.4, 0.5) is 22.0 Å². The van der Waals surface area contributed by atoms with Gasteiger partial charge in [-0.25, -0.2) is 8.78 Å². The molecule has 152 valence electrons. The van der Waals surface area contributed by atoms with Crippen LogP contribution in [-0.4, -0.2) is 6.18 Å². The summed E-state index contributed by atoms with van der Waals surface area (Å²) in [6, 6.07) is 5.70. The molecule has 1 aromatic carbocycles. The maximum Gasteiger partial charge on any atom is 0.392 e. The molecule has 0 unspecified atom stereocenters. The van der Waals surface area contributed by atoms with Crippen LogP contribution in [0.5, 0.6) is 0 Å². The lowest BCUT2D eigenvalue weighted by atomic mass is 9.79. The monoisotopic (exact) mass is 388 g/mol. The highest BCUT2D eigenvalue weighted by Gasteiger charge is 2.37. The number of halogens is 5. The summed E-state index contributed by atoms with van der Waals surface area (Å²) < 4.78 is 67.7. The van der Waals surface area contributed by atoms with E-state index in [9.17, 15) is 22.0 Å². The van der Waals surface area contributed by atoms with E-state index in [1.807, 2.05) is 0 Å². The second kappa shape index (κ2) is 9.70. The molecule has 0 aromatic heterocycles. The number of hydrogen-bond acceptors (Lipinski definition) is 0. The highest BCUT2D eigenvalue weighted by atomic mass is 19.4. The third-order valence-corrected chi connectivity index (χ3v) is 5.76. The van der Waals surface area contributed by atoms with Gasteiger partial charge in [0.15, 0.2) is 5.83 Å². The quantitative estimate of drug-likeness (QED) is 0.415. The molecule has 0 heterocycles. The van der Waals surface area contributed by atoms with E-state index in [0.717, 1.165) is 25.7 Å². The molecule has 0 nitrogen and oxygen atoms in total. The van der Waals surface area contributed by atoms with Gasteiger partial charge in [-0.05, 0) is 50.0 Å². The van der Waals surface area contributed by atoms with Gasteiger partial charge in [-0.3, -0.25) is 0 Å². The zero-order valence-electron chi connectivity index (χ0n) is 16.1. The average Bonchev–Trinajstić information content (AvgIpc) is 2.65. The lowest BCUT2D eigenvalue weighted by molar-refractivity contribution is -0.174. The van der Waals surface area contributed by atoms with E-state index < -0.39 is 23.7 Å². The standard InChI is InChI=1S/C22H29F5/c1-3-5-15-6-10-17(11-7-15)20(23)21(24)18-12-8-16(9-13-18)14-19(4-2)22(25,26)27/h8-9,12-13,15,17,19H,3-7,10-11,14H2,1-2H3/b21-20+/t15?,17?,19-/m0/s1. The normalized spacial score (nSPS) is 23.1. The van der Waals surface area contributed by atoms with Crippen LogP contribution in [0.25, 0.3) is 5.83 Å². The summed E-state index contributed by atoms with van der Waals surface area (Å²) in [4.78, 5) is 0. The first-order valence-electron chi connectivity index (χ1n) is 9.97. The number of benzene rings is 1. The summed E-state index contributed by atoms with van der Waals surface area (Å²) in [5.41, 5.74) is 0.586. The van der Waals surface area contributed by atoms with E-state index in [2.05, 4.69) is 6.92 Å². The Labute approximate surface area is 158 Å². The zero-order valence-corrected chi connectivity index (χ0v) is 16.1. The average molecular weight is 388 g/mol. The summed E-state index contributed by atoms with van der Waals surface area (Å²) >= 11 is 0. The Morgan fingerprint density at radius 2 is 1.59 bits per heavy atom. The second-order valence-corrected chi connectivity index (χ2v) is 7.72. The van der Waals surface area contributed by atoms with Crippen LogP contribution in [0.3, 0.4) is 0 Å². The first-order chi connectivity index (χ1) is 12.8. The molecule has 0 spiro atoms. The number of alkyl halides is 3. The predicted molar refractivity (Wildman–Crippen MR) is 99.5 cm³/mol. The van der Waals surface area contributed by atoms with Gasteiger partial charge in [0.25, 0.3) is 0 Å². The Morgan fingerprint density at radius 1 is 1.00 bits per heavy atom. The minimum Gasteiger partial charge on any atom is -0.208 e. The fourth-order valence-corrected chi connectivity index (χ4v) is 3.99. The number of hydrogen-bond donors (Lipinski definition) is 0. The van der Waals surface area contributed by atoms with Crippen LogP contribution in [0.1, 0.15) is 69.9 Å². The molecule has 0 saturated heterocycles. The topological polar surface area (TPSA) is 0 Å². The van der Waals surface area contributed by atoms with E-state index in [0.29, 0.717) is 24.3 Å². The smallest absolute Gasteiger partial charge is 0.208 e. The second-order valence-electron chi connectivity index (χ2n) is 7.72. The van der Waals surface area contributed by atoms with Crippen molar-refractivity contribution in [3.8, 4) is 0 Å². The van der Waals surface area contributed by atoms with Crippen molar-refractivity contribution in [1.82, 2.24) is 0 Å². The summed E-state index contributed by atoms with van der Waals surface area (Å²) in [6.45, 7) is 3.63. The highest BCUT2D eigenvalue weighted by molar-refractivity contribution is 5.61. The molecule has 5 heteroatoms. The van der Waals surface area contributed by atoms with Crippen molar-refractivity contribution in [1.29, 1.82) is 0 Å². The minimum absolute atomic E-state index is 0.00511.